The van der Waals surface area contributed by atoms with E-state index in [2.05, 4.69) is 10.0 Å². The zero-order valence-electron chi connectivity index (χ0n) is 15.2. The van der Waals surface area contributed by atoms with E-state index in [4.69, 9.17) is 0 Å². The Bertz CT molecular complexity index is 879. The number of hydrogen-bond donors (Lipinski definition) is 3. The van der Waals surface area contributed by atoms with E-state index in [0.717, 1.165) is 0 Å². The Morgan fingerprint density at radius 3 is 2.15 bits per heavy atom. The van der Waals surface area contributed by atoms with Gasteiger partial charge in [0.1, 0.15) is 5.82 Å². The van der Waals surface area contributed by atoms with Gasteiger partial charge in [0.05, 0.1) is 24.3 Å². The highest BCUT2D eigenvalue weighted by atomic mass is 32.2. The average Bonchev–Trinajstić information content (AvgIpc) is 2.58. The van der Waals surface area contributed by atoms with Crippen LogP contribution in [-0.4, -0.2) is 31.6 Å². The minimum atomic E-state index is -3.64. The van der Waals surface area contributed by atoms with Gasteiger partial charge in [0.25, 0.3) is 0 Å². The monoisotopic (exact) mass is 394 g/mol. The third-order valence-corrected chi connectivity index (χ3v) is 5.00. The van der Waals surface area contributed by atoms with Crippen molar-refractivity contribution in [1.82, 2.24) is 5.32 Å². The standard InChI is InChI=1S/C19H23FN2O4S/c1-19(2,13-23)21-18(24)11-14-5-9-17(10-6-14)22-27(25,26)12-15-3-7-16(20)8-4-15/h3-10,22-23H,11-13H2,1-2H3,(H,21,24). The number of benzene rings is 2. The van der Waals surface area contributed by atoms with E-state index in [-0.39, 0.29) is 24.7 Å². The zero-order chi connectivity index (χ0) is 20.1. The highest BCUT2D eigenvalue weighted by Gasteiger charge is 2.19. The van der Waals surface area contributed by atoms with Crippen LogP contribution < -0.4 is 10.0 Å². The summed E-state index contributed by atoms with van der Waals surface area (Å²) in [5.74, 6) is -0.932. The Morgan fingerprint density at radius 1 is 1.04 bits per heavy atom. The van der Waals surface area contributed by atoms with Gasteiger partial charge in [-0.05, 0) is 49.2 Å². The number of nitrogens with one attached hydrogen (secondary N) is 2. The van der Waals surface area contributed by atoms with Crippen LogP contribution in [0.1, 0.15) is 25.0 Å². The van der Waals surface area contributed by atoms with E-state index in [1.165, 1.54) is 24.3 Å². The van der Waals surface area contributed by atoms with Crippen LogP contribution in [0.15, 0.2) is 48.5 Å². The van der Waals surface area contributed by atoms with E-state index in [1.807, 2.05) is 0 Å². The second-order valence-electron chi connectivity index (χ2n) is 6.95. The summed E-state index contributed by atoms with van der Waals surface area (Å²) in [5.41, 5.74) is 0.857. The Morgan fingerprint density at radius 2 is 1.59 bits per heavy atom. The number of carbonyl (C=O) groups is 1. The van der Waals surface area contributed by atoms with Gasteiger partial charge in [-0.3, -0.25) is 9.52 Å². The van der Waals surface area contributed by atoms with Crippen LogP contribution in [0, 0.1) is 5.82 Å². The summed E-state index contributed by atoms with van der Waals surface area (Å²) < 4.78 is 39.8. The molecule has 0 unspecified atom stereocenters. The fourth-order valence-electron chi connectivity index (χ4n) is 2.35. The SMILES string of the molecule is CC(C)(CO)NC(=O)Cc1ccc(NS(=O)(=O)Cc2ccc(F)cc2)cc1. The molecule has 0 aliphatic carbocycles. The van der Waals surface area contributed by atoms with Gasteiger partial charge in [-0.15, -0.1) is 0 Å². The largest absolute Gasteiger partial charge is 0.394 e. The molecule has 0 saturated carbocycles. The number of rotatable bonds is 8. The number of halogens is 1. The average molecular weight is 394 g/mol. The molecule has 146 valence electrons. The topological polar surface area (TPSA) is 95.5 Å². The molecule has 1 amide bonds. The van der Waals surface area contributed by atoms with Gasteiger partial charge in [-0.1, -0.05) is 24.3 Å². The van der Waals surface area contributed by atoms with Gasteiger partial charge in [0.2, 0.25) is 15.9 Å². The first-order valence-electron chi connectivity index (χ1n) is 8.34. The maximum Gasteiger partial charge on any atom is 0.236 e. The van der Waals surface area contributed by atoms with Crippen LogP contribution in [0.2, 0.25) is 0 Å². The third kappa shape index (κ3) is 6.99. The molecule has 27 heavy (non-hydrogen) atoms. The van der Waals surface area contributed by atoms with Crippen molar-refractivity contribution in [2.24, 2.45) is 0 Å². The lowest BCUT2D eigenvalue weighted by Crippen LogP contribution is -2.46. The van der Waals surface area contributed by atoms with Gasteiger partial charge in [-0.25, -0.2) is 12.8 Å². The highest BCUT2D eigenvalue weighted by molar-refractivity contribution is 7.91. The molecule has 8 heteroatoms. The molecule has 0 heterocycles. The molecule has 0 fully saturated rings. The van der Waals surface area contributed by atoms with Crippen molar-refractivity contribution < 1.29 is 22.7 Å². The first-order chi connectivity index (χ1) is 12.6. The number of aliphatic hydroxyl groups is 1. The molecule has 0 atom stereocenters. The maximum absolute atomic E-state index is 12.9. The lowest BCUT2D eigenvalue weighted by Gasteiger charge is -2.23. The summed E-state index contributed by atoms with van der Waals surface area (Å²) in [5, 5.41) is 11.9. The molecule has 2 rings (SSSR count). The minimum absolute atomic E-state index is 0.117. The van der Waals surface area contributed by atoms with Crippen molar-refractivity contribution in [3.8, 4) is 0 Å². The molecular weight excluding hydrogens is 371 g/mol. The van der Waals surface area contributed by atoms with Crippen LogP contribution in [0.25, 0.3) is 0 Å². The molecule has 0 bridgehead atoms. The summed E-state index contributed by atoms with van der Waals surface area (Å²) in [6, 6.07) is 11.7. The van der Waals surface area contributed by atoms with Crippen molar-refractivity contribution in [2.45, 2.75) is 31.6 Å². The Balaban J connectivity index is 1.96. The molecule has 0 aliphatic heterocycles. The first kappa shape index (κ1) is 20.9. The molecule has 0 aromatic heterocycles. The number of anilines is 1. The van der Waals surface area contributed by atoms with Crippen molar-refractivity contribution in [1.29, 1.82) is 0 Å². The van der Waals surface area contributed by atoms with E-state index in [9.17, 15) is 22.7 Å². The van der Waals surface area contributed by atoms with Crippen LogP contribution in [0.5, 0.6) is 0 Å². The molecule has 2 aromatic rings. The normalized spacial score (nSPS) is 11.9. The fourth-order valence-corrected chi connectivity index (χ4v) is 3.55. The number of hydrogen-bond acceptors (Lipinski definition) is 4. The van der Waals surface area contributed by atoms with Crippen LogP contribution in [0.3, 0.4) is 0 Å². The smallest absolute Gasteiger partial charge is 0.236 e. The van der Waals surface area contributed by atoms with Gasteiger partial charge in [-0.2, -0.15) is 0 Å². The van der Waals surface area contributed by atoms with Crippen molar-refractivity contribution in [3.63, 3.8) is 0 Å². The summed E-state index contributed by atoms with van der Waals surface area (Å²) in [7, 11) is -3.64. The third-order valence-electron chi connectivity index (χ3n) is 3.74. The Kier molecular flexibility index (Phi) is 6.56. The van der Waals surface area contributed by atoms with E-state index >= 15 is 0 Å². The highest BCUT2D eigenvalue weighted by Crippen LogP contribution is 2.15. The molecule has 0 saturated heterocycles. The summed E-state index contributed by atoms with van der Waals surface area (Å²) >= 11 is 0. The molecule has 3 N–H and O–H groups in total. The van der Waals surface area contributed by atoms with E-state index < -0.39 is 21.4 Å². The fraction of sp³-hybridized carbons (Fsp3) is 0.316. The molecule has 0 spiro atoms. The summed E-state index contributed by atoms with van der Waals surface area (Å²) in [6.07, 6.45) is 0.117. The number of amides is 1. The van der Waals surface area contributed by atoms with Gasteiger partial charge in [0, 0.05) is 5.69 Å². The lowest BCUT2D eigenvalue weighted by molar-refractivity contribution is -0.122. The Hall–Kier alpha value is -2.45. The van der Waals surface area contributed by atoms with Crippen molar-refractivity contribution in [3.05, 3.63) is 65.5 Å². The van der Waals surface area contributed by atoms with Gasteiger partial charge < -0.3 is 10.4 Å². The van der Waals surface area contributed by atoms with Crippen LogP contribution in [0.4, 0.5) is 10.1 Å². The van der Waals surface area contributed by atoms with Crippen LogP contribution in [-0.2, 0) is 27.0 Å². The van der Waals surface area contributed by atoms with E-state index in [1.54, 1.807) is 38.1 Å². The van der Waals surface area contributed by atoms with Crippen molar-refractivity contribution >= 4 is 21.6 Å². The van der Waals surface area contributed by atoms with E-state index in [0.29, 0.717) is 16.8 Å². The summed E-state index contributed by atoms with van der Waals surface area (Å²) in [6.45, 7) is 3.25. The van der Waals surface area contributed by atoms with Crippen molar-refractivity contribution in [2.75, 3.05) is 11.3 Å². The second kappa shape index (κ2) is 8.49. The Labute approximate surface area is 158 Å². The molecular formula is C19H23FN2O4S. The number of carbonyl (C=O) groups excluding carboxylic acids is 1. The first-order valence-corrected chi connectivity index (χ1v) is 9.99. The predicted octanol–water partition coefficient (Wildman–Crippen LogP) is 2.20. The lowest BCUT2D eigenvalue weighted by atomic mass is 10.1. The number of sulfonamides is 1. The minimum Gasteiger partial charge on any atom is -0.394 e. The predicted molar refractivity (Wildman–Crippen MR) is 102 cm³/mol. The van der Waals surface area contributed by atoms with Gasteiger partial charge in [0.15, 0.2) is 0 Å². The summed E-state index contributed by atoms with van der Waals surface area (Å²) in [4.78, 5) is 12.0. The number of aliphatic hydroxyl groups excluding tert-OH is 1. The maximum atomic E-state index is 12.9. The molecule has 0 aliphatic rings. The zero-order valence-corrected chi connectivity index (χ0v) is 16.0. The molecule has 2 aromatic carbocycles. The molecule has 0 radical (unpaired) electrons. The second-order valence-corrected chi connectivity index (χ2v) is 8.67. The molecule has 6 nitrogen and oxygen atoms in total. The van der Waals surface area contributed by atoms with Crippen LogP contribution >= 0.6 is 0 Å². The van der Waals surface area contributed by atoms with Gasteiger partial charge >= 0.3 is 0 Å². The quantitative estimate of drug-likeness (QED) is 0.640.